The lowest BCUT2D eigenvalue weighted by molar-refractivity contribution is -0.144. The lowest BCUT2D eigenvalue weighted by Gasteiger charge is -2.34. The molecule has 3 aliphatic rings. The molecule has 1 aliphatic carbocycles. The van der Waals surface area contributed by atoms with Crippen molar-refractivity contribution < 1.29 is 24.2 Å². The number of ketones is 1. The van der Waals surface area contributed by atoms with Crippen LogP contribution < -0.4 is 0 Å². The quantitative estimate of drug-likeness (QED) is 0.541. The molecule has 1 aromatic rings. The molecule has 0 bridgehead atoms. The highest BCUT2D eigenvalue weighted by Gasteiger charge is 2.65. The number of hydrogen-bond acceptors (Lipinski definition) is 5. The van der Waals surface area contributed by atoms with Gasteiger partial charge in [0.05, 0.1) is 24.0 Å². The van der Waals surface area contributed by atoms with Gasteiger partial charge in [-0.3, -0.25) is 4.79 Å². The van der Waals surface area contributed by atoms with Gasteiger partial charge in [-0.25, -0.2) is 4.79 Å². The molecule has 0 unspecified atom stereocenters. The molecule has 2 aliphatic heterocycles. The Morgan fingerprint density at radius 1 is 1.40 bits per heavy atom. The maximum Gasteiger partial charge on any atom is 0.337 e. The molecule has 0 aromatic heterocycles. The lowest BCUT2D eigenvalue weighted by Crippen LogP contribution is -2.43. The molecule has 0 radical (unpaired) electrons. The maximum absolute atomic E-state index is 12.8. The van der Waals surface area contributed by atoms with Crippen molar-refractivity contribution in [3.8, 4) is 0 Å². The molecule has 1 saturated carbocycles. The van der Waals surface area contributed by atoms with E-state index in [1.165, 1.54) is 6.26 Å². The van der Waals surface area contributed by atoms with Crippen LogP contribution in [0.1, 0.15) is 23.7 Å². The number of carbonyl (C=O) groups excluding carboxylic acids is 2. The SMILES string of the molecule is C[C@]1(O)[C@@H](CC(=O)c2ccc(Br)cc2Br)[C@H]2OC(=O)C3=COC[C@H]1[C@@H]32. The average molecular weight is 472 g/mol. The Bertz CT molecular complexity index is 801. The standard InChI is InChI=1S/C18H16Br2O5/c1-18(23)11(5-14(21)9-3-2-8(19)4-13(9)20)16-15-10(17(22)25-16)6-24-7-12(15)18/h2-4,6,11-12,15-16,23H,5,7H2,1H3/t11-,12-,15+,16+,18-/m0/s1. The van der Waals surface area contributed by atoms with Gasteiger partial charge in [0.25, 0.3) is 0 Å². The first-order chi connectivity index (χ1) is 11.8. The number of carbonyl (C=O) groups is 2. The molecule has 4 rings (SSSR count). The van der Waals surface area contributed by atoms with Crippen LogP contribution in [0.2, 0.25) is 0 Å². The van der Waals surface area contributed by atoms with E-state index in [0.717, 1.165) is 4.47 Å². The third-order valence-corrected chi connectivity index (χ3v) is 6.80. The third-order valence-electron chi connectivity index (χ3n) is 5.65. The van der Waals surface area contributed by atoms with Crippen molar-refractivity contribution in [2.45, 2.75) is 25.0 Å². The van der Waals surface area contributed by atoms with Crippen LogP contribution in [0.5, 0.6) is 0 Å². The van der Waals surface area contributed by atoms with Gasteiger partial charge in [0, 0.05) is 38.7 Å². The summed E-state index contributed by atoms with van der Waals surface area (Å²) in [5.74, 6) is -1.44. The van der Waals surface area contributed by atoms with Gasteiger partial charge in [-0.1, -0.05) is 31.9 Å². The van der Waals surface area contributed by atoms with E-state index in [9.17, 15) is 14.7 Å². The van der Waals surface area contributed by atoms with E-state index in [0.29, 0.717) is 22.2 Å². The highest BCUT2D eigenvalue weighted by molar-refractivity contribution is 9.11. The van der Waals surface area contributed by atoms with Gasteiger partial charge in [0.1, 0.15) is 6.10 Å². The zero-order chi connectivity index (χ0) is 17.9. The molecular formula is C18H16Br2O5. The van der Waals surface area contributed by atoms with Gasteiger partial charge in [0.2, 0.25) is 0 Å². The van der Waals surface area contributed by atoms with Gasteiger partial charge >= 0.3 is 5.97 Å². The Kier molecular flexibility index (Phi) is 4.09. The minimum atomic E-state index is -1.15. The van der Waals surface area contributed by atoms with Crippen LogP contribution in [0.15, 0.2) is 39.0 Å². The van der Waals surface area contributed by atoms with Crippen LogP contribution >= 0.6 is 31.9 Å². The minimum absolute atomic E-state index is 0.0994. The predicted octanol–water partition coefficient (Wildman–Crippen LogP) is 3.24. The molecule has 132 valence electrons. The second-order valence-electron chi connectivity index (χ2n) is 6.99. The number of benzene rings is 1. The van der Waals surface area contributed by atoms with E-state index >= 15 is 0 Å². The van der Waals surface area contributed by atoms with E-state index < -0.39 is 23.6 Å². The average Bonchev–Trinajstić information content (AvgIpc) is 2.98. The Hall–Kier alpha value is -1.18. The Morgan fingerprint density at radius 2 is 2.16 bits per heavy atom. The van der Waals surface area contributed by atoms with Crippen molar-refractivity contribution in [3.63, 3.8) is 0 Å². The molecule has 1 saturated heterocycles. The normalized spacial score (nSPS) is 35.7. The van der Waals surface area contributed by atoms with Crippen LogP contribution in [0, 0.1) is 17.8 Å². The van der Waals surface area contributed by atoms with E-state index in [1.54, 1.807) is 19.1 Å². The summed E-state index contributed by atoms with van der Waals surface area (Å²) < 4.78 is 12.4. The number of aliphatic hydroxyl groups is 1. The largest absolute Gasteiger partial charge is 0.500 e. The van der Waals surface area contributed by atoms with Gasteiger partial charge < -0.3 is 14.6 Å². The fraction of sp³-hybridized carbons (Fsp3) is 0.444. The van der Waals surface area contributed by atoms with Crippen molar-refractivity contribution >= 4 is 43.6 Å². The van der Waals surface area contributed by atoms with Crippen molar-refractivity contribution in [2.75, 3.05) is 6.61 Å². The zero-order valence-electron chi connectivity index (χ0n) is 13.4. The molecule has 1 N–H and O–H groups in total. The Balaban J connectivity index is 1.65. The van der Waals surface area contributed by atoms with Gasteiger partial charge in [0.15, 0.2) is 5.78 Å². The Morgan fingerprint density at radius 3 is 2.88 bits per heavy atom. The van der Waals surface area contributed by atoms with Crippen molar-refractivity contribution in [3.05, 3.63) is 44.5 Å². The molecule has 7 heteroatoms. The minimum Gasteiger partial charge on any atom is -0.500 e. The molecule has 0 amide bonds. The zero-order valence-corrected chi connectivity index (χ0v) is 16.5. The summed E-state index contributed by atoms with van der Waals surface area (Å²) in [4.78, 5) is 24.9. The van der Waals surface area contributed by atoms with Crippen LogP contribution in [0.4, 0.5) is 0 Å². The summed E-state index contributed by atoms with van der Waals surface area (Å²) in [7, 11) is 0. The number of hydrogen-bond donors (Lipinski definition) is 1. The van der Waals surface area contributed by atoms with Gasteiger partial charge in [-0.15, -0.1) is 0 Å². The predicted molar refractivity (Wildman–Crippen MR) is 95.8 cm³/mol. The highest BCUT2D eigenvalue weighted by Crippen LogP contribution is 2.55. The summed E-state index contributed by atoms with van der Waals surface area (Å²) in [5.41, 5.74) is -0.126. The van der Waals surface area contributed by atoms with Gasteiger partial charge in [-0.05, 0) is 25.1 Å². The highest BCUT2D eigenvalue weighted by atomic mass is 79.9. The van der Waals surface area contributed by atoms with E-state index in [2.05, 4.69) is 31.9 Å². The molecule has 0 spiro atoms. The number of ether oxygens (including phenoxy) is 2. The second kappa shape index (κ2) is 5.93. The van der Waals surface area contributed by atoms with E-state index in [1.807, 2.05) is 6.07 Å². The number of halogens is 2. The van der Waals surface area contributed by atoms with Crippen LogP contribution in [0.25, 0.3) is 0 Å². The summed E-state index contributed by atoms with van der Waals surface area (Å²) in [6.07, 6.45) is 1.06. The molecular weight excluding hydrogens is 456 g/mol. The van der Waals surface area contributed by atoms with Crippen molar-refractivity contribution in [1.82, 2.24) is 0 Å². The summed E-state index contributed by atoms with van der Waals surface area (Å²) in [6, 6.07) is 5.35. The first-order valence-electron chi connectivity index (χ1n) is 8.04. The topological polar surface area (TPSA) is 72.8 Å². The van der Waals surface area contributed by atoms with Gasteiger partial charge in [-0.2, -0.15) is 0 Å². The summed E-state index contributed by atoms with van der Waals surface area (Å²) in [5, 5.41) is 11.1. The third kappa shape index (κ3) is 2.59. The monoisotopic (exact) mass is 470 g/mol. The smallest absolute Gasteiger partial charge is 0.337 e. The van der Waals surface area contributed by atoms with E-state index in [-0.39, 0.29) is 24.0 Å². The fourth-order valence-corrected chi connectivity index (χ4v) is 5.58. The van der Waals surface area contributed by atoms with Crippen molar-refractivity contribution in [2.24, 2.45) is 17.8 Å². The molecule has 2 fully saturated rings. The summed E-state index contributed by atoms with van der Waals surface area (Å²) >= 11 is 6.78. The van der Waals surface area contributed by atoms with Crippen LogP contribution in [-0.4, -0.2) is 35.2 Å². The van der Waals surface area contributed by atoms with Crippen LogP contribution in [0.3, 0.4) is 0 Å². The van der Waals surface area contributed by atoms with E-state index in [4.69, 9.17) is 9.47 Å². The molecule has 5 nitrogen and oxygen atoms in total. The fourth-order valence-electron chi connectivity index (χ4n) is 4.32. The first-order valence-corrected chi connectivity index (χ1v) is 9.62. The first kappa shape index (κ1) is 17.2. The number of esters is 1. The maximum atomic E-state index is 12.8. The summed E-state index contributed by atoms with van der Waals surface area (Å²) in [6.45, 7) is 2.03. The van der Waals surface area contributed by atoms with Crippen LogP contribution in [-0.2, 0) is 14.3 Å². The number of rotatable bonds is 3. The molecule has 1 aromatic carbocycles. The second-order valence-corrected chi connectivity index (χ2v) is 8.76. The molecule has 25 heavy (non-hydrogen) atoms. The van der Waals surface area contributed by atoms with Crippen molar-refractivity contribution in [1.29, 1.82) is 0 Å². The molecule has 2 heterocycles. The molecule has 5 atom stereocenters. The Labute approximate surface area is 161 Å². The lowest BCUT2D eigenvalue weighted by atomic mass is 9.80. The number of Topliss-reactive ketones (excluding diaryl/α,β-unsaturated/α-hetero) is 1.